The molecule has 31 rings (SSSR count). The molecular weight excluding hydrogens is 1780 g/mol. The van der Waals surface area contributed by atoms with Gasteiger partial charge in [-0.2, -0.15) is 0 Å². The van der Waals surface area contributed by atoms with Crippen molar-refractivity contribution >= 4 is 131 Å². The topological polar surface area (TPSA) is 55.4 Å². The van der Waals surface area contributed by atoms with Gasteiger partial charge in [-0.25, -0.2) is 9.97 Å². The van der Waals surface area contributed by atoms with E-state index in [1.54, 1.807) is 0 Å². The molecule has 3 aliphatic carbocycles. The van der Waals surface area contributed by atoms with Crippen LogP contribution in [0.3, 0.4) is 0 Å². The molecule has 0 saturated heterocycles. The SMILES string of the molecule is CC1(C)c2ccccc2-c2ccc(-n3c4ccccc4c4cc(-c5ccc6c(c5)c5ccccc5n6-c5ccc(-c6cc(-c7cccc(-n8c9ccccc9c9cc(-c%10ccc%11c(c%10)c%10ccccc%10n%11-c%10ccc%11c(c%10)C(C)(C)c%10ccccc%10-%11)ccc98)c7)nc(-c7cccc(-n8c9ccccc9c9cc(-c%10ccc%11c(c%10)c%10ccccc%10n%11-c%10ccc%11c(c%10)C(C)(C)c%10ccccc%10-%11)ccc98)c7)n6)cc5)ccc43)cc21. The van der Waals surface area contributed by atoms with Gasteiger partial charge in [0.15, 0.2) is 5.82 Å². The summed E-state index contributed by atoms with van der Waals surface area (Å²) in [4.78, 5) is 11.4. The monoisotopic (exact) mass is 1870 g/mol. The number of benzene rings is 21. The molecule has 8 nitrogen and oxygen atoms in total. The Morgan fingerprint density at radius 2 is 0.367 bits per heavy atom. The van der Waals surface area contributed by atoms with Crippen LogP contribution in [0.5, 0.6) is 0 Å². The van der Waals surface area contributed by atoms with Crippen molar-refractivity contribution < 1.29 is 0 Å². The summed E-state index contributed by atoms with van der Waals surface area (Å²) in [5.74, 6) is 0.618. The number of rotatable bonds is 12. The minimum atomic E-state index is -0.124. The summed E-state index contributed by atoms with van der Waals surface area (Å²) >= 11 is 0. The number of hydrogen-bond acceptors (Lipinski definition) is 2. The van der Waals surface area contributed by atoms with Crippen LogP contribution in [-0.2, 0) is 16.2 Å². The smallest absolute Gasteiger partial charge is 0.160 e. The van der Waals surface area contributed by atoms with Crippen molar-refractivity contribution in [1.82, 2.24) is 37.4 Å². The Labute approximate surface area is 849 Å². The van der Waals surface area contributed by atoms with Crippen molar-refractivity contribution in [2.45, 2.75) is 57.8 Å². The van der Waals surface area contributed by atoms with E-state index in [4.69, 9.17) is 9.97 Å². The van der Waals surface area contributed by atoms with Crippen LogP contribution in [0, 0.1) is 0 Å². The molecule has 28 aromatic rings. The molecule has 0 N–H and O–H groups in total. The number of nitrogens with zero attached hydrogens (tertiary/aromatic N) is 8. The van der Waals surface area contributed by atoms with E-state index in [1.807, 2.05) is 0 Å². The summed E-state index contributed by atoms with van der Waals surface area (Å²) < 4.78 is 14.7. The standard InChI is InChI=1S/C139H94N8/c1-137(2)116-40-16-7-31-98(116)101-62-59-95(79-119(101)137)145-127-46-22-13-37-107(127)113-76-87(54-68-133(113)145)84-51-65-130-110(73-84)104-34-10-19-43-124(104)142(130)92-57-49-83(50-58-92)122-82-123(90-27-25-29-93(71-90)143-125-44-20-11-35-105(125)111-74-85(52-66-131(111)143)88-55-69-134-114(77-88)108-38-14-23-47-128(108)146(134)96-60-63-102-99-32-8-17-41-117(99)138(3,4)120(102)80-96)141-136(140-122)91-28-26-30-94(72-91)144-126-45-21-12-36-106(126)112-75-86(53-67-132(112)144)89-56-70-135-115(78-89)109-39-15-24-48-129(109)147(135)97-61-64-103-100-33-9-18-42-118(100)139(5,6)121(103)81-97/h7-82H,1-6H3. The van der Waals surface area contributed by atoms with Crippen LogP contribution in [0.25, 0.3) is 266 Å². The summed E-state index contributed by atoms with van der Waals surface area (Å²) in [7, 11) is 0. The van der Waals surface area contributed by atoms with Crippen LogP contribution >= 0.6 is 0 Å². The van der Waals surface area contributed by atoms with E-state index in [9.17, 15) is 0 Å². The average molecular weight is 1880 g/mol. The Kier molecular flexibility index (Phi) is 17.4. The second-order valence-corrected chi connectivity index (χ2v) is 42.3. The zero-order valence-electron chi connectivity index (χ0n) is 82.0. The lowest BCUT2D eigenvalue weighted by Crippen LogP contribution is -2.15. The highest BCUT2D eigenvalue weighted by Crippen LogP contribution is 2.55. The molecule has 0 atom stereocenters. The van der Waals surface area contributed by atoms with Crippen LogP contribution < -0.4 is 0 Å². The van der Waals surface area contributed by atoms with E-state index in [2.05, 4.69) is 530 Å². The zero-order valence-corrected chi connectivity index (χ0v) is 82.0. The Bertz CT molecular complexity index is 10200. The highest BCUT2D eigenvalue weighted by atomic mass is 15.0. The molecule has 0 radical (unpaired) electrons. The van der Waals surface area contributed by atoms with Crippen LogP contribution in [-0.4, -0.2) is 37.4 Å². The van der Waals surface area contributed by atoms with Crippen molar-refractivity contribution in [3.8, 4) is 135 Å². The third-order valence-corrected chi connectivity index (χ3v) is 33.4. The molecule has 21 aromatic carbocycles. The van der Waals surface area contributed by atoms with E-state index in [1.165, 1.54) is 198 Å². The number of para-hydroxylation sites is 6. The first-order valence-corrected chi connectivity index (χ1v) is 51.3. The van der Waals surface area contributed by atoms with Crippen LogP contribution in [0.1, 0.15) is 74.9 Å². The Morgan fingerprint density at radius 3 is 0.673 bits per heavy atom. The number of fused-ring (bicyclic) bond motifs is 27. The number of hydrogen-bond donors (Lipinski definition) is 0. The van der Waals surface area contributed by atoms with E-state index < -0.39 is 0 Å². The third-order valence-electron chi connectivity index (χ3n) is 33.4. The minimum Gasteiger partial charge on any atom is -0.309 e. The fourth-order valence-corrected chi connectivity index (χ4v) is 26.3. The lowest BCUT2D eigenvalue weighted by molar-refractivity contribution is 0.660. The molecule has 7 aromatic heterocycles. The number of aromatic nitrogens is 8. The van der Waals surface area contributed by atoms with Gasteiger partial charge in [0.25, 0.3) is 0 Å². The fraction of sp³-hybridized carbons (Fsp3) is 0.0647. The Balaban J connectivity index is 0.513. The molecule has 0 amide bonds. The van der Waals surface area contributed by atoms with Crippen LogP contribution in [0.2, 0.25) is 0 Å². The first-order valence-electron chi connectivity index (χ1n) is 51.3. The van der Waals surface area contributed by atoms with E-state index in [0.717, 1.165) is 94.9 Å². The van der Waals surface area contributed by atoms with E-state index in [0.29, 0.717) is 5.82 Å². The lowest BCUT2D eigenvalue weighted by Gasteiger charge is -2.22. The maximum Gasteiger partial charge on any atom is 0.160 e. The molecular formula is C139H94N8. The van der Waals surface area contributed by atoms with E-state index >= 15 is 0 Å². The molecule has 0 saturated carbocycles. The summed E-state index contributed by atoms with van der Waals surface area (Å²) in [6.07, 6.45) is 0. The van der Waals surface area contributed by atoms with Crippen molar-refractivity contribution in [3.05, 3.63) is 494 Å². The summed E-state index contributed by atoms with van der Waals surface area (Å²) in [5, 5.41) is 14.5. The summed E-state index contributed by atoms with van der Waals surface area (Å²) in [6, 6.07) is 173. The highest BCUT2D eigenvalue weighted by Gasteiger charge is 2.40. The minimum absolute atomic E-state index is 0.120. The Hall–Kier alpha value is -18.5. The maximum absolute atomic E-state index is 5.74. The predicted octanol–water partition coefficient (Wildman–Crippen LogP) is 36.0. The summed E-state index contributed by atoms with van der Waals surface area (Å²) in [6.45, 7) is 14.2. The average Bonchev–Trinajstić information content (AvgIpc) is 1.56. The molecule has 0 bridgehead atoms. The van der Waals surface area contributed by atoms with Crippen LogP contribution in [0.4, 0.5) is 0 Å². The molecule has 690 valence electrons. The zero-order chi connectivity index (χ0) is 97.3. The first-order chi connectivity index (χ1) is 72.1. The van der Waals surface area contributed by atoms with Crippen molar-refractivity contribution in [2.24, 2.45) is 0 Å². The van der Waals surface area contributed by atoms with Gasteiger partial charge in [-0.3, -0.25) is 0 Å². The molecule has 7 heterocycles. The van der Waals surface area contributed by atoms with Crippen molar-refractivity contribution in [3.63, 3.8) is 0 Å². The molecule has 3 aliphatic rings. The molecule has 0 unspecified atom stereocenters. The van der Waals surface area contributed by atoms with Crippen molar-refractivity contribution in [2.75, 3.05) is 0 Å². The molecule has 8 heteroatoms. The van der Waals surface area contributed by atoms with Crippen molar-refractivity contribution in [1.29, 1.82) is 0 Å². The van der Waals surface area contributed by atoms with Gasteiger partial charge in [-0.15, -0.1) is 0 Å². The molecule has 0 aliphatic heterocycles. The van der Waals surface area contributed by atoms with Gasteiger partial charge >= 0.3 is 0 Å². The van der Waals surface area contributed by atoms with Crippen LogP contribution in [0.15, 0.2) is 461 Å². The fourth-order valence-electron chi connectivity index (χ4n) is 26.3. The normalized spacial score (nSPS) is 13.7. The van der Waals surface area contributed by atoms with Gasteiger partial charge in [0.2, 0.25) is 0 Å². The van der Waals surface area contributed by atoms with Gasteiger partial charge in [-0.1, -0.05) is 315 Å². The molecule has 0 fully saturated rings. The van der Waals surface area contributed by atoms with Gasteiger partial charge < -0.3 is 27.4 Å². The van der Waals surface area contributed by atoms with Gasteiger partial charge in [0.05, 0.1) is 77.6 Å². The van der Waals surface area contributed by atoms with Gasteiger partial charge in [-0.05, 0) is 288 Å². The second kappa shape index (κ2) is 30.8. The van der Waals surface area contributed by atoms with Gasteiger partial charge in [0, 0.05) is 132 Å². The summed E-state index contributed by atoms with van der Waals surface area (Å²) in [5.41, 5.74) is 47.7. The van der Waals surface area contributed by atoms with Gasteiger partial charge in [0.1, 0.15) is 0 Å². The second-order valence-electron chi connectivity index (χ2n) is 42.3. The highest BCUT2D eigenvalue weighted by molar-refractivity contribution is 6.18. The predicted molar refractivity (Wildman–Crippen MR) is 613 cm³/mol. The van der Waals surface area contributed by atoms with E-state index in [-0.39, 0.29) is 16.2 Å². The quantitative estimate of drug-likeness (QED) is 0.122. The molecule has 147 heavy (non-hydrogen) atoms. The maximum atomic E-state index is 5.74. The molecule has 0 spiro atoms. The Morgan fingerprint density at radius 1 is 0.143 bits per heavy atom. The lowest BCUT2D eigenvalue weighted by atomic mass is 9.82. The largest absolute Gasteiger partial charge is 0.309 e. The third kappa shape index (κ3) is 12.1. The first kappa shape index (κ1) is 83.2.